The number of carbonyl (C=O) groups excluding carboxylic acids is 2. The Labute approximate surface area is 140 Å². The van der Waals surface area contributed by atoms with Gasteiger partial charge in [0.15, 0.2) is 0 Å². The van der Waals surface area contributed by atoms with Crippen molar-refractivity contribution in [2.75, 3.05) is 19.6 Å². The van der Waals surface area contributed by atoms with Crippen LogP contribution in [-0.4, -0.2) is 36.3 Å². The molecule has 23 heavy (non-hydrogen) atoms. The van der Waals surface area contributed by atoms with Crippen molar-refractivity contribution in [2.45, 2.75) is 25.7 Å². The van der Waals surface area contributed by atoms with Gasteiger partial charge in [0.2, 0.25) is 5.91 Å². The van der Waals surface area contributed by atoms with Crippen LogP contribution in [0.5, 0.6) is 0 Å². The fourth-order valence-electron chi connectivity index (χ4n) is 2.92. The van der Waals surface area contributed by atoms with Crippen LogP contribution in [0.25, 0.3) is 0 Å². The lowest BCUT2D eigenvalue weighted by atomic mass is 9.96. The summed E-state index contributed by atoms with van der Waals surface area (Å²) in [5, 5.41) is 3.09. The maximum atomic E-state index is 13.1. The van der Waals surface area contributed by atoms with E-state index in [-0.39, 0.29) is 28.3 Å². The molecule has 1 aromatic carbocycles. The molecule has 1 unspecified atom stereocenters. The highest BCUT2D eigenvalue weighted by Gasteiger charge is 2.30. The quantitative estimate of drug-likeness (QED) is 0.917. The summed E-state index contributed by atoms with van der Waals surface area (Å²) in [6, 6.07) is 3.76. The Morgan fingerprint density at radius 1 is 1.30 bits per heavy atom. The lowest BCUT2D eigenvalue weighted by molar-refractivity contribution is -0.126. The summed E-state index contributed by atoms with van der Waals surface area (Å²) in [5.41, 5.74) is 0.284. The number of rotatable bonds is 4. The summed E-state index contributed by atoms with van der Waals surface area (Å²) in [5.74, 6) is -0.221. The van der Waals surface area contributed by atoms with Gasteiger partial charge in [-0.05, 0) is 49.8 Å². The Hall–Kier alpha value is -1.62. The summed E-state index contributed by atoms with van der Waals surface area (Å²) in [6.45, 7) is 1.73. The second-order valence-corrected chi connectivity index (χ2v) is 6.81. The number of hydrogen-bond donors (Lipinski definition) is 1. The molecular weight excluding hydrogens is 319 g/mol. The minimum absolute atomic E-state index is 0.0274. The highest BCUT2D eigenvalue weighted by Crippen LogP contribution is 2.28. The van der Waals surface area contributed by atoms with E-state index in [4.69, 9.17) is 11.6 Å². The molecule has 2 fully saturated rings. The molecule has 6 heteroatoms. The molecule has 1 heterocycles. The average molecular weight is 339 g/mol. The van der Waals surface area contributed by atoms with Crippen molar-refractivity contribution in [1.82, 2.24) is 10.2 Å². The van der Waals surface area contributed by atoms with Gasteiger partial charge in [-0.25, -0.2) is 4.39 Å². The average Bonchev–Trinajstić information content (AvgIpc) is 3.36. The van der Waals surface area contributed by atoms with Gasteiger partial charge < -0.3 is 10.2 Å². The smallest absolute Gasteiger partial charge is 0.255 e. The zero-order valence-corrected chi connectivity index (χ0v) is 13.6. The van der Waals surface area contributed by atoms with Crippen molar-refractivity contribution < 1.29 is 14.0 Å². The Kier molecular flexibility index (Phi) is 4.85. The van der Waals surface area contributed by atoms with Gasteiger partial charge in [0, 0.05) is 19.6 Å². The zero-order chi connectivity index (χ0) is 16.4. The van der Waals surface area contributed by atoms with Crippen LogP contribution in [-0.2, 0) is 4.79 Å². The summed E-state index contributed by atoms with van der Waals surface area (Å²) >= 11 is 5.97. The molecule has 4 nitrogen and oxygen atoms in total. The molecule has 1 saturated carbocycles. The first-order chi connectivity index (χ1) is 11.0. The predicted molar refractivity (Wildman–Crippen MR) is 85.8 cm³/mol. The molecule has 0 spiro atoms. The number of nitrogens with zero attached hydrogens (tertiary/aromatic N) is 1. The standard InChI is InChI=1S/C17H20ClFN2O2/c18-15-8-13(19)5-6-14(15)17(23)21-7-1-2-12(10-21)16(22)20-9-11-3-4-11/h5-6,8,11-12H,1-4,7,9-10H2,(H,20,22). The summed E-state index contributed by atoms with van der Waals surface area (Å²) < 4.78 is 13.1. The topological polar surface area (TPSA) is 49.4 Å². The number of nitrogens with one attached hydrogen (secondary N) is 1. The van der Waals surface area contributed by atoms with Crippen molar-refractivity contribution in [3.05, 3.63) is 34.6 Å². The van der Waals surface area contributed by atoms with Crippen LogP contribution in [0.3, 0.4) is 0 Å². The molecule has 3 rings (SSSR count). The lowest BCUT2D eigenvalue weighted by Crippen LogP contribution is -2.45. The molecule has 1 atom stereocenters. The van der Waals surface area contributed by atoms with Crippen molar-refractivity contribution in [3.63, 3.8) is 0 Å². The Morgan fingerprint density at radius 2 is 2.09 bits per heavy atom. The van der Waals surface area contributed by atoms with Crippen molar-refractivity contribution >= 4 is 23.4 Å². The maximum Gasteiger partial charge on any atom is 0.255 e. The van der Waals surface area contributed by atoms with Crippen LogP contribution in [0.1, 0.15) is 36.0 Å². The monoisotopic (exact) mass is 338 g/mol. The second kappa shape index (κ2) is 6.87. The van der Waals surface area contributed by atoms with Crippen LogP contribution in [0, 0.1) is 17.7 Å². The van der Waals surface area contributed by atoms with Gasteiger partial charge in [-0.1, -0.05) is 11.6 Å². The van der Waals surface area contributed by atoms with Crippen molar-refractivity contribution in [1.29, 1.82) is 0 Å². The number of amides is 2. The molecule has 1 aliphatic carbocycles. The Balaban J connectivity index is 1.62. The van der Waals surface area contributed by atoms with Crippen LogP contribution in [0.15, 0.2) is 18.2 Å². The first kappa shape index (κ1) is 16.2. The van der Waals surface area contributed by atoms with Gasteiger partial charge in [-0.15, -0.1) is 0 Å². The minimum Gasteiger partial charge on any atom is -0.356 e. The molecule has 2 aliphatic rings. The maximum absolute atomic E-state index is 13.1. The number of hydrogen-bond acceptors (Lipinski definition) is 2. The van der Waals surface area contributed by atoms with Gasteiger partial charge in [0.05, 0.1) is 16.5 Å². The molecule has 1 saturated heterocycles. The van der Waals surface area contributed by atoms with Crippen LogP contribution >= 0.6 is 11.6 Å². The number of benzene rings is 1. The van der Waals surface area contributed by atoms with Gasteiger partial charge in [0.25, 0.3) is 5.91 Å². The molecular formula is C17H20ClFN2O2. The van der Waals surface area contributed by atoms with E-state index in [1.807, 2.05) is 0 Å². The minimum atomic E-state index is -0.470. The Morgan fingerprint density at radius 3 is 2.78 bits per heavy atom. The normalized spacial score (nSPS) is 21.1. The van der Waals surface area contributed by atoms with E-state index in [1.165, 1.54) is 25.0 Å². The highest BCUT2D eigenvalue weighted by molar-refractivity contribution is 6.33. The first-order valence-electron chi connectivity index (χ1n) is 8.06. The van der Waals surface area contributed by atoms with E-state index in [0.717, 1.165) is 25.5 Å². The second-order valence-electron chi connectivity index (χ2n) is 6.40. The van der Waals surface area contributed by atoms with Gasteiger partial charge in [-0.3, -0.25) is 9.59 Å². The van der Waals surface area contributed by atoms with Gasteiger partial charge >= 0.3 is 0 Å². The largest absolute Gasteiger partial charge is 0.356 e. The molecule has 0 aromatic heterocycles. The summed E-state index contributed by atoms with van der Waals surface area (Å²) in [6.07, 6.45) is 3.96. The van der Waals surface area contributed by atoms with Gasteiger partial charge in [0.1, 0.15) is 5.82 Å². The van der Waals surface area contributed by atoms with E-state index < -0.39 is 5.82 Å². The molecule has 124 valence electrons. The van der Waals surface area contributed by atoms with E-state index in [0.29, 0.717) is 19.0 Å². The van der Waals surface area contributed by atoms with Crippen LogP contribution < -0.4 is 5.32 Å². The fraction of sp³-hybridized carbons (Fsp3) is 0.529. The SMILES string of the molecule is O=C(NCC1CC1)C1CCCN(C(=O)c2ccc(F)cc2Cl)C1. The first-order valence-corrected chi connectivity index (χ1v) is 8.44. The van der Waals surface area contributed by atoms with E-state index in [2.05, 4.69) is 5.32 Å². The van der Waals surface area contributed by atoms with E-state index in [1.54, 1.807) is 4.90 Å². The highest BCUT2D eigenvalue weighted by atomic mass is 35.5. The number of halogens is 2. The molecule has 1 N–H and O–H groups in total. The van der Waals surface area contributed by atoms with Crippen LogP contribution in [0.4, 0.5) is 4.39 Å². The van der Waals surface area contributed by atoms with E-state index in [9.17, 15) is 14.0 Å². The third kappa shape index (κ3) is 4.02. The number of piperidine rings is 1. The molecule has 0 radical (unpaired) electrons. The molecule has 0 bridgehead atoms. The van der Waals surface area contributed by atoms with E-state index >= 15 is 0 Å². The van der Waals surface area contributed by atoms with Crippen LogP contribution in [0.2, 0.25) is 5.02 Å². The fourth-order valence-corrected chi connectivity index (χ4v) is 3.17. The molecule has 1 aliphatic heterocycles. The third-order valence-corrected chi connectivity index (χ3v) is 4.82. The third-order valence-electron chi connectivity index (χ3n) is 4.50. The lowest BCUT2D eigenvalue weighted by Gasteiger charge is -2.32. The zero-order valence-electron chi connectivity index (χ0n) is 12.9. The van der Waals surface area contributed by atoms with Crippen molar-refractivity contribution in [2.24, 2.45) is 11.8 Å². The number of carbonyl (C=O) groups is 2. The number of likely N-dealkylation sites (tertiary alicyclic amines) is 1. The Bertz CT molecular complexity index is 619. The molecule has 1 aromatic rings. The van der Waals surface area contributed by atoms with Crippen molar-refractivity contribution in [3.8, 4) is 0 Å². The predicted octanol–water partition coefficient (Wildman–Crippen LogP) is 2.86. The summed E-state index contributed by atoms with van der Waals surface area (Å²) in [7, 11) is 0. The summed E-state index contributed by atoms with van der Waals surface area (Å²) in [4.78, 5) is 26.4. The van der Waals surface area contributed by atoms with Gasteiger partial charge in [-0.2, -0.15) is 0 Å². The molecule has 2 amide bonds.